The highest BCUT2D eigenvalue weighted by molar-refractivity contribution is 14.0. The van der Waals surface area contributed by atoms with Crippen molar-refractivity contribution in [3.05, 3.63) is 39.9 Å². The van der Waals surface area contributed by atoms with Gasteiger partial charge in [0.15, 0.2) is 5.96 Å². The summed E-state index contributed by atoms with van der Waals surface area (Å²) in [6.07, 6.45) is 4.71. The number of guanidine groups is 1. The Morgan fingerprint density at radius 1 is 1.19 bits per heavy atom. The van der Waals surface area contributed by atoms with Crippen LogP contribution in [-0.4, -0.2) is 71.5 Å². The standard InChI is InChI=1S/C23H38N6O2.HI/c1-4-27-13-5-6-22(27)17-25-23(26-20-11-14-28(15-12-20)18(2)3)24-16-19-7-9-21(10-8-19)29(30)31;/h7-10,18,20,22H,4-6,11-17H2,1-3H3,(H2,24,25,26);1H. The SMILES string of the molecule is CCN1CCCC1CNC(=NCc1ccc([N+](=O)[O-])cc1)NC1CCN(C(C)C)CC1.I. The fourth-order valence-corrected chi connectivity index (χ4v) is 4.56. The monoisotopic (exact) mass is 558 g/mol. The van der Waals surface area contributed by atoms with E-state index in [0.29, 0.717) is 24.7 Å². The molecule has 32 heavy (non-hydrogen) atoms. The van der Waals surface area contributed by atoms with Crippen LogP contribution in [0.2, 0.25) is 0 Å². The number of likely N-dealkylation sites (tertiary alicyclic amines) is 2. The summed E-state index contributed by atoms with van der Waals surface area (Å²) >= 11 is 0. The first kappa shape index (κ1) is 26.8. The van der Waals surface area contributed by atoms with Gasteiger partial charge in [-0.05, 0) is 58.2 Å². The van der Waals surface area contributed by atoms with Crippen LogP contribution in [0.4, 0.5) is 5.69 Å². The summed E-state index contributed by atoms with van der Waals surface area (Å²) in [6, 6.07) is 8.24. The van der Waals surface area contributed by atoms with Crippen LogP contribution < -0.4 is 10.6 Å². The molecule has 3 rings (SSSR count). The summed E-state index contributed by atoms with van der Waals surface area (Å²) in [6.45, 7) is 12.6. The van der Waals surface area contributed by atoms with E-state index in [1.54, 1.807) is 24.3 Å². The van der Waals surface area contributed by atoms with Crippen molar-refractivity contribution in [2.45, 2.75) is 71.1 Å². The number of aliphatic imine (C=N–C) groups is 1. The van der Waals surface area contributed by atoms with Crippen LogP contribution in [0.25, 0.3) is 0 Å². The molecular weight excluding hydrogens is 519 g/mol. The zero-order valence-electron chi connectivity index (χ0n) is 19.6. The Kier molecular flexibility index (Phi) is 11.1. The Balaban J connectivity index is 0.00000363. The van der Waals surface area contributed by atoms with Crippen molar-refractivity contribution in [1.82, 2.24) is 20.4 Å². The number of nitrogens with one attached hydrogen (secondary N) is 2. The van der Waals surface area contributed by atoms with Crippen molar-refractivity contribution < 1.29 is 4.92 Å². The maximum Gasteiger partial charge on any atom is 0.269 e. The minimum atomic E-state index is -0.369. The molecule has 0 amide bonds. The van der Waals surface area contributed by atoms with Gasteiger partial charge in [0.2, 0.25) is 0 Å². The number of benzene rings is 1. The van der Waals surface area contributed by atoms with Crippen LogP contribution in [0.5, 0.6) is 0 Å². The number of piperidine rings is 1. The Morgan fingerprint density at radius 3 is 2.47 bits per heavy atom. The molecule has 9 heteroatoms. The maximum atomic E-state index is 10.9. The normalized spacial score (nSPS) is 20.9. The maximum absolute atomic E-state index is 10.9. The lowest BCUT2D eigenvalue weighted by Crippen LogP contribution is -2.51. The van der Waals surface area contributed by atoms with Gasteiger partial charge >= 0.3 is 0 Å². The number of rotatable bonds is 8. The Morgan fingerprint density at radius 2 is 1.88 bits per heavy atom. The van der Waals surface area contributed by atoms with E-state index in [-0.39, 0.29) is 34.6 Å². The van der Waals surface area contributed by atoms with Crippen molar-refractivity contribution in [1.29, 1.82) is 0 Å². The first-order valence-electron chi connectivity index (χ1n) is 11.7. The summed E-state index contributed by atoms with van der Waals surface area (Å²) < 4.78 is 0. The Labute approximate surface area is 209 Å². The van der Waals surface area contributed by atoms with Gasteiger partial charge in [-0.1, -0.05) is 19.1 Å². The molecule has 0 aromatic heterocycles. The van der Waals surface area contributed by atoms with E-state index in [1.165, 1.54) is 19.4 Å². The fraction of sp³-hybridized carbons (Fsp3) is 0.696. The second-order valence-corrected chi connectivity index (χ2v) is 8.94. The molecule has 1 atom stereocenters. The summed E-state index contributed by atoms with van der Waals surface area (Å²) in [7, 11) is 0. The molecule has 180 valence electrons. The molecule has 2 heterocycles. The van der Waals surface area contributed by atoms with Crippen LogP contribution in [0.1, 0.15) is 52.0 Å². The van der Waals surface area contributed by atoms with E-state index in [0.717, 1.165) is 50.5 Å². The zero-order chi connectivity index (χ0) is 22.2. The van der Waals surface area contributed by atoms with Gasteiger partial charge < -0.3 is 15.5 Å². The number of nitro groups is 1. The molecule has 0 bridgehead atoms. The van der Waals surface area contributed by atoms with Crippen LogP contribution in [0.15, 0.2) is 29.3 Å². The molecule has 8 nitrogen and oxygen atoms in total. The summed E-state index contributed by atoms with van der Waals surface area (Å²) in [5.41, 5.74) is 1.08. The molecule has 2 aliphatic rings. The largest absolute Gasteiger partial charge is 0.355 e. The Hall–Kier alpha value is -1.46. The van der Waals surface area contributed by atoms with Crippen molar-refractivity contribution in [2.75, 3.05) is 32.7 Å². The first-order valence-corrected chi connectivity index (χ1v) is 11.7. The van der Waals surface area contributed by atoms with Gasteiger partial charge in [0.1, 0.15) is 0 Å². The van der Waals surface area contributed by atoms with E-state index in [1.807, 2.05) is 0 Å². The van der Waals surface area contributed by atoms with E-state index in [9.17, 15) is 10.1 Å². The van der Waals surface area contributed by atoms with Gasteiger partial charge in [-0.15, -0.1) is 24.0 Å². The molecule has 2 fully saturated rings. The topological polar surface area (TPSA) is 86.0 Å². The minimum Gasteiger partial charge on any atom is -0.355 e. The molecule has 2 N–H and O–H groups in total. The van der Waals surface area contributed by atoms with Gasteiger partial charge in [0.25, 0.3) is 5.69 Å². The molecule has 0 radical (unpaired) electrons. The number of likely N-dealkylation sites (N-methyl/N-ethyl adjacent to an activating group) is 1. The van der Waals surface area contributed by atoms with Crippen molar-refractivity contribution in [3.8, 4) is 0 Å². The van der Waals surface area contributed by atoms with Gasteiger partial charge in [-0.3, -0.25) is 15.0 Å². The van der Waals surface area contributed by atoms with Crippen molar-refractivity contribution >= 4 is 35.6 Å². The van der Waals surface area contributed by atoms with Crippen molar-refractivity contribution in [2.24, 2.45) is 4.99 Å². The third-order valence-corrected chi connectivity index (χ3v) is 6.58. The quantitative estimate of drug-likeness (QED) is 0.167. The highest BCUT2D eigenvalue weighted by atomic mass is 127. The van der Waals surface area contributed by atoms with Gasteiger partial charge in [0.05, 0.1) is 11.5 Å². The van der Waals surface area contributed by atoms with Crippen LogP contribution in [-0.2, 0) is 6.54 Å². The lowest BCUT2D eigenvalue weighted by atomic mass is 10.0. The summed E-state index contributed by atoms with van der Waals surface area (Å²) in [5, 5.41) is 18.1. The van der Waals surface area contributed by atoms with Crippen LogP contribution in [0, 0.1) is 10.1 Å². The first-order chi connectivity index (χ1) is 15.0. The van der Waals surface area contributed by atoms with Gasteiger partial charge in [-0.25, -0.2) is 4.99 Å². The minimum absolute atomic E-state index is 0. The summed E-state index contributed by atoms with van der Waals surface area (Å²) in [4.78, 5) is 20.4. The number of hydrogen-bond donors (Lipinski definition) is 2. The highest BCUT2D eigenvalue weighted by Crippen LogP contribution is 2.17. The van der Waals surface area contributed by atoms with Crippen LogP contribution >= 0.6 is 24.0 Å². The molecule has 1 aromatic carbocycles. The highest BCUT2D eigenvalue weighted by Gasteiger charge is 2.24. The van der Waals surface area contributed by atoms with E-state index < -0.39 is 0 Å². The van der Waals surface area contributed by atoms with Crippen molar-refractivity contribution in [3.63, 3.8) is 0 Å². The molecule has 1 aromatic rings. The van der Waals surface area contributed by atoms with E-state index in [4.69, 9.17) is 4.99 Å². The zero-order valence-corrected chi connectivity index (χ0v) is 22.0. The number of non-ortho nitro benzene ring substituents is 1. The van der Waals surface area contributed by atoms with Crippen LogP contribution in [0.3, 0.4) is 0 Å². The number of nitro benzene ring substituents is 1. The predicted octanol–water partition coefficient (Wildman–Crippen LogP) is 3.61. The smallest absolute Gasteiger partial charge is 0.269 e. The lowest BCUT2D eigenvalue weighted by Gasteiger charge is -2.35. The third-order valence-electron chi connectivity index (χ3n) is 6.58. The Bertz CT molecular complexity index is 735. The van der Waals surface area contributed by atoms with Gasteiger partial charge in [0, 0.05) is 49.9 Å². The number of hydrogen-bond acceptors (Lipinski definition) is 5. The average molecular weight is 559 g/mol. The molecule has 0 spiro atoms. The average Bonchev–Trinajstić information content (AvgIpc) is 3.24. The number of nitrogens with zero attached hydrogens (tertiary/aromatic N) is 4. The number of halogens is 1. The summed E-state index contributed by atoms with van der Waals surface area (Å²) in [5.74, 6) is 0.851. The second kappa shape index (κ2) is 13.3. The molecule has 2 saturated heterocycles. The van der Waals surface area contributed by atoms with E-state index >= 15 is 0 Å². The van der Waals surface area contributed by atoms with Gasteiger partial charge in [-0.2, -0.15) is 0 Å². The molecule has 2 aliphatic heterocycles. The predicted molar refractivity (Wildman–Crippen MR) is 141 cm³/mol. The van der Waals surface area contributed by atoms with E-state index in [2.05, 4.69) is 41.2 Å². The molecule has 1 unspecified atom stereocenters. The second-order valence-electron chi connectivity index (χ2n) is 8.94. The lowest BCUT2D eigenvalue weighted by molar-refractivity contribution is -0.384. The molecule has 0 saturated carbocycles. The molecular formula is C23H39IN6O2. The third kappa shape index (κ3) is 7.84. The molecule has 0 aliphatic carbocycles. The fourth-order valence-electron chi connectivity index (χ4n) is 4.56.